The number of carbonyl (C=O) groups excluding carboxylic acids is 3. The molecule has 0 spiro atoms. The molecule has 3 amide bonds. The fraction of sp³-hybridized carbons (Fsp3) is 0.679. The van der Waals surface area contributed by atoms with Gasteiger partial charge in [-0.3, -0.25) is 9.59 Å². The molecule has 2 atom stereocenters. The van der Waals surface area contributed by atoms with Crippen LogP contribution >= 0.6 is 0 Å². The number of aryl methyl sites for hydroxylation is 2. The number of amides is 3. The molecular weight excluding hydrogens is 442 g/mol. The number of carbonyl (C=O) groups is 3. The molecule has 2 unspecified atom stereocenters. The van der Waals surface area contributed by atoms with E-state index in [1.807, 2.05) is 52.8 Å². The van der Waals surface area contributed by atoms with E-state index in [9.17, 15) is 14.4 Å². The minimum absolute atomic E-state index is 0.153. The van der Waals surface area contributed by atoms with Crippen LogP contribution in [0.1, 0.15) is 96.9 Å². The summed E-state index contributed by atoms with van der Waals surface area (Å²) >= 11 is 0. The van der Waals surface area contributed by atoms with Gasteiger partial charge in [0.05, 0.1) is 0 Å². The van der Waals surface area contributed by atoms with E-state index in [1.165, 1.54) is 0 Å². The largest absolute Gasteiger partial charge is 0.444 e. The van der Waals surface area contributed by atoms with E-state index >= 15 is 0 Å². The Labute approximate surface area is 212 Å². The lowest BCUT2D eigenvalue weighted by Gasteiger charge is -2.34. The maximum absolute atomic E-state index is 13.9. The normalized spacial score (nSPS) is 13.2. The van der Waals surface area contributed by atoms with E-state index in [-0.39, 0.29) is 17.7 Å². The number of hydrogen-bond donors (Lipinski definition) is 2. The van der Waals surface area contributed by atoms with Crippen LogP contribution in [0.3, 0.4) is 0 Å². The summed E-state index contributed by atoms with van der Waals surface area (Å²) in [6.45, 7) is 18.2. The first-order valence-corrected chi connectivity index (χ1v) is 12.9. The van der Waals surface area contributed by atoms with Gasteiger partial charge in [0.2, 0.25) is 11.8 Å². The third-order valence-electron chi connectivity index (χ3n) is 5.52. The highest BCUT2D eigenvalue weighted by Crippen LogP contribution is 2.25. The maximum atomic E-state index is 13.9. The van der Waals surface area contributed by atoms with E-state index in [4.69, 9.17) is 4.74 Å². The van der Waals surface area contributed by atoms with Gasteiger partial charge in [0, 0.05) is 13.1 Å². The monoisotopic (exact) mass is 489 g/mol. The summed E-state index contributed by atoms with van der Waals surface area (Å²) in [5.41, 5.74) is 2.14. The average molecular weight is 490 g/mol. The first kappa shape index (κ1) is 30.5. The third kappa shape index (κ3) is 10.7. The summed E-state index contributed by atoms with van der Waals surface area (Å²) in [5, 5.41) is 5.79. The van der Waals surface area contributed by atoms with Crippen LogP contribution in [0.25, 0.3) is 0 Å². The van der Waals surface area contributed by atoms with Crippen molar-refractivity contribution >= 4 is 17.9 Å². The highest BCUT2D eigenvalue weighted by Gasteiger charge is 2.35. The summed E-state index contributed by atoms with van der Waals surface area (Å²) in [4.78, 5) is 41.4. The lowest BCUT2D eigenvalue weighted by Crippen LogP contribution is -2.53. The number of likely N-dealkylation sites (N-methyl/N-ethyl adjacent to an activating group) is 1. The van der Waals surface area contributed by atoms with Crippen LogP contribution in [0.2, 0.25) is 0 Å². The first-order valence-electron chi connectivity index (χ1n) is 12.9. The topological polar surface area (TPSA) is 87.7 Å². The molecule has 0 aliphatic heterocycles. The second kappa shape index (κ2) is 14.1. The van der Waals surface area contributed by atoms with E-state index in [2.05, 4.69) is 17.6 Å². The van der Waals surface area contributed by atoms with Crippen LogP contribution in [-0.4, -0.2) is 47.5 Å². The molecule has 35 heavy (non-hydrogen) atoms. The molecular formula is C28H47N3O4. The molecule has 0 saturated heterocycles. The van der Waals surface area contributed by atoms with Gasteiger partial charge >= 0.3 is 6.09 Å². The summed E-state index contributed by atoms with van der Waals surface area (Å²) in [7, 11) is 0. The number of rotatable bonds is 12. The molecule has 1 rings (SSSR count). The van der Waals surface area contributed by atoms with E-state index in [1.54, 1.807) is 25.7 Å². The number of benzene rings is 1. The van der Waals surface area contributed by atoms with Crippen molar-refractivity contribution < 1.29 is 19.1 Å². The van der Waals surface area contributed by atoms with Gasteiger partial charge in [-0.1, -0.05) is 62.9 Å². The molecule has 1 aromatic rings. The van der Waals surface area contributed by atoms with Crippen LogP contribution in [0.4, 0.5) is 4.79 Å². The summed E-state index contributed by atoms with van der Waals surface area (Å²) in [6, 6.07) is 4.37. The summed E-state index contributed by atoms with van der Waals surface area (Å²) in [5.74, 6) is -0.345. The molecule has 7 heteroatoms. The molecule has 0 aromatic heterocycles. The molecule has 1 aromatic carbocycles. The molecule has 0 aliphatic rings. The van der Waals surface area contributed by atoms with Crippen molar-refractivity contribution in [1.29, 1.82) is 0 Å². The zero-order chi connectivity index (χ0) is 26.8. The average Bonchev–Trinajstić information content (AvgIpc) is 2.71. The van der Waals surface area contributed by atoms with E-state index in [0.29, 0.717) is 19.5 Å². The van der Waals surface area contributed by atoms with Gasteiger partial charge in [-0.15, -0.1) is 0 Å². The quantitative estimate of drug-likeness (QED) is 0.383. The number of ether oxygens (including phenoxy) is 1. The molecule has 0 fully saturated rings. The van der Waals surface area contributed by atoms with Crippen molar-refractivity contribution in [2.24, 2.45) is 5.92 Å². The van der Waals surface area contributed by atoms with E-state index in [0.717, 1.165) is 36.0 Å². The minimum Gasteiger partial charge on any atom is -0.444 e. The van der Waals surface area contributed by atoms with Gasteiger partial charge in [-0.2, -0.15) is 0 Å². The Bertz CT molecular complexity index is 825. The Morgan fingerprint density at radius 2 is 1.60 bits per heavy atom. The molecule has 0 aliphatic carbocycles. The molecule has 198 valence electrons. The van der Waals surface area contributed by atoms with Gasteiger partial charge < -0.3 is 20.3 Å². The molecule has 2 N–H and O–H groups in total. The Morgan fingerprint density at radius 3 is 2.09 bits per heavy atom. The Hall–Kier alpha value is -2.57. The van der Waals surface area contributed by atoms with Crippen molar-refractivity contribution in [3.05, 3.63) is 34.9 Å². The lowest BCUT2D eigenvalue weighted by molar-refractivity contribution is -0.142. The predicted molar refractivity (Wildman–Crippen MR) is 141 cm³/mol. The van der Waals surface area contributed by atoms with Crippen LogP contribution < -0.4 is 10.6 Å². The number of unbranched alkanes of at least 4 members (excludes halogenated alkanes) is 2. The van der Waals surface area contributed by atoms with Crippen molar-refractivity contribution in [2.75, 3.05) is 13.1 Å². The molecule has 0 saturated carbocycles. The number of alkyl carbamates (subject to hydrolysis) is 1. The third-order valence-corrected chi connectivity index (χ3v) is 5.52. The maximum Gasteiger partial charge on any atom is 0.408 e. The lowest BCUT2D eigenvalue weighted by atomic mass is 9.97. The highest BCUT2D eigenvalue weighted by atomic mass is 16.6. The highest BCUT2D eigenvalue weighted by molar-refractivity contribution is 5.92. The van der Waals surface area contributed by atoms with Gasteiger partial charge in [-0.25, -0.2) is 4.79 Å². The molecule has 0 heterocycles. The molecule has 0 radical (unpaired) electrons. The van der Waals surface area contributed by atoms with Gasteiger partial charge in [0.1, 0.15) is 17.7 Å². The van der Waals surface area contributed by atoms with Crippen molar-refractivity contribution in [3.63, 3.8) is 0 Å². The second-order valence-electron chi connectivity index (χ2n) is 10.8. The van der Waals surface area contributed by atoms with Crippen molar-refractivity contribution in [3.8, 4) is 0 Å². The number of nitrogens with one attached hydrogen (secondary N) is 2. The van der Waals surface area contributed by atoms with Crippen LogP contribution in [0, 0.1) is 19.8 Å². The standard InChI is InChI=1S/C28H47N3O4/c1-10-12-13-14-29-25(32)24(22-17-20(5)16-21(6)18-22)31(11-2)26(33)23(15-19(3)4)30-27(34)35-28(7,8)9/h16-19,23-24H,10-15H2,1-9H3,(H,29,32)(H,30,34). The van der Waals surface area contributed by atoms with Crippen molar-refractivity contribution in [2.45, 2.75) is 106 Å². The molecule has 7 nitrogen and oxygen atoms in total. The van der Waals surface area contributed by atoms with Gasteiger partial charge in [-0.05, 0) is 65.9 Å². The zero-order valence-corrected chi connectivity index (χ0v) is 23.3. The van der Waals surface area contributed by atoms with Crippen LogP contribution in [-0.2, 0) is 14.3 Å². The molecule has 0 bridgehead atoms. The zero-order valence-electron chi connectivity index (χ0n) is 23.3. The minimum atomic E-state index is -0.800. The number of hydrogen-bond acceptors (Lipinski definition) is 4. The van der Waals surface area contributed by atoms with Crippen LogP contribution in [0.15, 0.2) is 18.2 Å². The Morgan fingerprint density at radius 1 is 1.00 bits per heavy atom. The van der Waals surface area contributed by atoms with Gasteiger partial charge in [0.25, 0.3) is 0 Å². The first-order chi connectivity index (χ1) is 16.3. The summed E-state index contributed by atoms with van der Waals surface area (Å²) in [6.07, 6.45) is 2.77. The Balaban J connectivity index is 3.34. The van der Waals surface area contributed by atoms with Gasteiger partial charge in [0.15, 0.2) is 0 Å². The SMILES string of the molecule is CCCCCNC(=O)C(c1cc(C)cc(C)c1)N(CC)C(=O)C(CC(C)C)NC(=O)OC(C)(C)C. The fourth-order valence-corrected chi connectivity index (χ4v) is 4.13. The second-order valence-corrected chi connectivity index (χ2v) is 10.8. The van der Waals surface area contributed by atoms with Crippen LogP contribution in [0.5, 0.6) is 0 Å². The smallest absolute Gasteiger partial charge is 0.408 e. The van der Waals surface area contributed by atoms with E-state index < -0.39 is 23.8 Å². The predicted octanol–water partition coefficient (Wildman–Crippen LogP) is 5.44. The van der Waals surface area contributed by atoms with Crippen molar-refractivity contribution in [1.82, 2.24) is 15.5 Å². The summed E-state index contributed by atoms with van der Waals surface area (Å²) < 4.78 is 5.41. The Kier molecular flexibility index (Phi) is 12.3. The fourth-order valence-electron chi connectivity index (χ4n) is 4.13. The number of nitrogens with zero attached hydrogens (tertiary/aromatic N) is 1.